The summed E-state index contributed by atoms with van der Waals surface area (Å²) in [5, 5.41) is 165. The van der Waals surface area contributed by atoms with Crippen LogP contribution in [0.4, 0.5) is 0 Å². The number of hydrogen-bond acceptors (Lipinski definition) is 24. The summed E-state index contributed by atoms with van der Waals surface area (Å²) in [7, 11) is 0. The largest absolute Gasteiger partial charge is 0.458 e. The molecule has 16 N–H and O–H groups in total. The van der Waals surface area contributed by atoms with Gasteiger partial charge in [0.25, 0.3) is 0 Å². The average molecular weight is 951 g/mol. The third kappa shape index (κ3) is 11.3. The second-order valence-electron chi connectivity index (χ2n) is 17.2. The fourth-order valence-corrected chi connectivity index (χ4v) is 8.04. The van der Waals surface area contributed by atoms with Crippen molar-refractivity contribution in [3.8, 4) is 23.0 Å². The predicted octanol–water partition coefficient (Wildman–Crippen LogP) is -6.54. The third-order valence-corrected chi connectivity index (χ3v) is 12.5. The molecule has 374 valence electrons. The van der Waals surface area contributed by atoms with Crippen molar-refractivity contribution in [2.75, 3.05) is 26.4 Å². The van der Waals surface area contributed by atoms with Crippen molar-refractivity contribution in [1.82, 2.24) is 0 Å². The van der Waals surface area contributed by atoms with Crippen molar-refractivity contribution in [3.05, 3.63) is 47.5 Å². The van der Waals surface area contributed by atoms with Crippen LogP contribution in [0, 0.1) is 11.8 Å². The van der Waals surface area contributed by atoms with Gasteiger partial charge in [0.1, 0.15) is 97.7 Å². The molecule has 0 saturated carbocycles. The quantitative estimate of drug-likeness (QED) is 0.0701. The molecule has 4 heterocycles. The summed E-state index contributed by atoms with van der Waals surface area (Å²) in [5.41, 5.74) is 1.23. The Labute approximate surface area is 377 Å². The van der Waals surface area contributed by atoms with Gasteiger partial charge in [-0.15, -0.1) is 0 Å². The van der Waals surface area contributed by atoms with Gasteiger partial charge in [-0.1, -0.05) is 26.0 Å². The first-order valence-corrected chi connectivity index (χ1v) is 21.5. The van der Waals surface area contributed by atoms with E-state index in [0.717, 1.165) is 0 Å². The molecule has 24 nitrogen and oxygen atoms in total. The molecule has 0 bridgehead atoms. The lowest BCUT2D eigenvalue weighted by molar-refractivity contribution is -0.282. The molecule has 2 aromatic carbocycles. The van der Waals surface area contributed by atoms with Gasteiger partial charge in [-0.3, -0.25) is 0 Å². The lowest BCUT2D eigenvalue weighted by atomic mass is 9.85. The molecule has 24 heteroatoms. The highest BCUT2D eigenvalue weighted by molar-refractivity contribution is 5.45. The number of rotatable bonds is 17. The lowest BCUT2D eigenvalue weighted by Gasteiger charge is -2.41. The minimum atomic E-state index is -1.82. The summed E-state index contributed by atoms with van der Waals surface area (Å²) >= 11 is 0. The van der Waals surface area contributed by atoms with E-state index in [4.69, 9.17) is 37.9 Å². The van der Waals surface area contributed by atoms with Crippen LogP contribution in [0.2, 0.25) is 0 Å². The summed E-state index contributed by atoms with van der Waals surface area (Å²) in [6, 6.07) is 9.12. The van der Waals surface area contributed by atoms with Crippen LogP contribution in [0.25, 0.3) is 0 Å². The number of benzene rings is 2. The molecule has 0 radical (unpaired) electrons. The van der Waals surface area contributed by atoms with Crippen LogP contribution < -0.4 is 18.9 Å². The van der Waals surface area contributed by atoms with Gasteiger partial charge in [0, 0.05) is 0 Å². The molecule has 22 unspecified atom stereocenters. The normalized spacial score (nSPS) is 40.6. The standard InChI is InChI=1S/C42H62O24/c1-15(7-17-3-5-19(59-39-35(55)31(51)27(47)23(11-43)63-39)21(9-17)61-41-37(57)33(53)29(49)25(13-45)65-41)16(2)8-18-4-6-20(60-40-36(56)32(52)28(48)24(12-44)64-40)22(10-18)62-42-38(58)34(54)30(50)26(14-46)66-42/h3-6,9-10,15-16,23-58H,7-8,11-14H2,1-2H3. The van der Waals surface area contributed by atoms with Crippen LogP contribution in [0.5, 0.6) is 23.0 Å². The monoisotopic (exact) mass is 950 g/mol. The second-order valence-corrected chi connectivity index (χ2v) is 17.2. The highest BCUT2D eigenvalue weighted by Gasteiger charge is 2.49. The first-order valence-electron chi connectivity index (χ1n) is 21.5. The maximum Gasteiger partial charge on any atom is 0.229 e. The van der Waals surface area contributed by atoms with Gasteiger partial charge < -0.3 is 120 Å². The van der Waals surface area contributed by atoms with Gasteiger partial charge >= 0.3 is 0 Å². The summed E-state index contributed by atoms with van der Waals surface area (Å²) in [4.78, 5) is 0. The minimum absolute atomic E-state index is 0.140. The van der Waals surface area contributed by atoms with Crippen LogP contribution in [-0.4, -0.2) is 231 Å². The van der Waals surface area contributed by atoms with Gasteiger partial charge in [0.05, 0.1) is 26.4 Å². The molecular formula is C42H62O24. The molecule has 0 aromatic heterocycles. The molecule has 4 aliphatic heterocycles. The molecule has 4 fully saturated rings. The first-order chi connectivity index (χ1) is 31.3. The third-order valence-electron chi connectivity index (χ3n) is 12.5. The SMILES string of the molecule is CC(Cc1ccc(OC2OC(CO)C(O)C(O)C2O)c(OC2OC(CO)C(O)C(O)C2O)c1)C(C)Cc1ccc(OC2OC(CO)C(O)C(O)C2O)c(OC2OC(CO)C(O)C(O)C2O)c1. The Kier molecular flexibility index (Phi) is 17.8. The lowest BCUT2D eigenvalue weighted by Crippen LogP contribution is -2.60. The van der Waals surface area contributed by atoms with E-state index in [0.29, 0.717) is 24.0 Å². The highest BCUT2D eigenvalue weighted by Crippen LogP contribution is 2.38. The predicted molar refractivity (Wildman–Crippen MR) is 216 cm³/mol. The zero-order valence-electron chi connectivity index (χ0n) is 35.8. The molecule has 0 aliphatic carbocycles. The van der Waals surface area contributed by atoms with E-state index in [1.165, 1.54) is 24.3 Å². The van der Waals surface area contributed by atoms with Crippen LogP contribution in [-0.2, 0) is 31.8 Å². The Balaban J connectivity index is 1.24. The summed E-state index contributed by atoms with van der Waals surface area (Å²) in [5.74, 6) is -0.862. The zero-order chi connectivity index (χ0) is 48.3. The smallest absolute Gasteiger partial charge is 0.229 e. The minimum Gasteiger partial charge on any atom is -0.458 e. The molecule has 6 rings (SSSR count). The number of aliphatic hydroxyl groups excluding tert-OH is 16. The van der Waals surface area contributed by atoms with Crippen molar-refractivity contribution in [2.24, 2.45) is 11.8 Å². The molecule has 4 saturated heterocycles. The Morgan fingerprint density at radius 3 is 0.848 bits per heavy atom. The maximum atomic E-state index is 10.8. The Hall–Kier alpha value is -3.16. The number of ether oxygens (including phenoxy) is 8. The second kappa shape index (κ2) is 22.5. The molecular weight excluding hydrogens is 888 g/mol. The summed E-state index contributed by atoms with van der Waals surface area (Å²) in [6.45, 7) is 0.904. The van der Waals surface area contributed by atoms with Gasteiger partial charge in [0.15, 0.2) is 23.0 Å². The fourth-order valence-electron chi connectivity index (χ4n) is 8.04. The number of aliphatic hydroxyl groups is 16. The van der Waals surface area contributed by atoms with Crippen molar-refractivity contribution < 1.29 is 120 Å². The van der Waals surface area contributed by atoms with Gasteiger partial charge in [-0.2, -0.15) is 0 Å². The zero-order valence-corrected chi connectivity index (χ0v) is 35.8. The van der Waals surface area contributed by atoms with Gasteiger partial charge in [0.2, 0.25) is 25.2 Å². The summed E-state index contributed by atoms with van der Waals surface area (Å²) < 4.78 is 45.8. The average Bonchev–Trinajstić information content (AvgIpc) is 3.30. The Bertz CT molecular complexity index is 1710. The van der Waals surface area contributed by atoms with Crippen LogP contribution in [0.1, 0.15) is 25.0 Å². The van der Waals surface area contributed by atoms with E-state index in [1.807, 2.05) is 13.8 Å². The van der Waals surface area contributed by atoms with Crippen LogP contribution in [0.15, 0.2) is 36.4 Å². The molecule has 2 aromatic rings. The molecule has 0 amide bonds. The number of hydrogen-bond donors (Lipinski definition) is 16. The van der Waals surface area contributed by atoms with E-state index in [9.17, 15) is 81.7 Å². The van der Waals surface area contributed by atoms with Crippen LogP contribution in [0.3, 0.4) is 0 Å². The molecule has 66 heavy (non-hydrogen) atoms. The van der Waals surface area contributed by atoms with E-state index >= 15 is 0 Å². The Morgan fingerprint density at radius 1 is 0.364 bits per heavy atom. The van der Waals surface area contributed by atoms with E-state index in [2.05, 4.69) is 0 Å². The van der Waals surface area contributed by atoms with E-state index in [1.54, 1.807) is 12.1 Å². The van der Waals surface area contributed by atoms with Crippen LogP contribution >= 0.6 is 0 Å². The maximum absolute atomic E-state index is 10.8. The van der Waals surface area contributed by atoms with Crippen molar-refractivity contribution in [3.63, 3.8) is 0 Å². The highest BCUT2D eigenvalue weighted by atomic mass is 16.7. The van der Waals surface area contributed by atoms with Crippen molar-refractivity contribution >= 4 is 0 Å². The van der Waals surface area contributed by atoms with Gasteiger partial charge in [-0.05, 0) is 60.1 Å². The van der Waals surface area contributed by atoms with Crippen molar-refractivity contribution in [1.29, 1.82) is 0 Å². The first kappa shape index (κ1) is 52.2. The molecule has 22 atom stereocenters. The Morgan fingerprint density at radius 2 is 0.606 bits per heavy atom. The van der Waals surface area contributed by atoms with Crippen molar-refractivity contribution in [2.45, 2.75) is 150 Å². The van der Waals surface area contributed by atoms with E-state index in [-0.39, 0.29) is 34.8 Å². The summed E-state index contributed by atoms with van der Waals surface area (Å²) in [6.07, 6.45) is -32.4. The van der Waals surface area contributed by atoms with E-state index < -0.39 is 149 Å². The van der Waals surface area contributed by atoms with Gasteiger partial charge in [-0.25, -0.2) is 0 Å². The molecule has 0 spiro atoms. The fraction of sp³-hybridized carbons (Fsp3) is 0.714. The topological polar surface area (TPSA) is 398 Å². The molecule has 4 aliphatic rings.